The van der Waals surface area contributed by atoms with E-state index in [2.05, 4.69) is 9.72 Å². The maximum absolute atomic E-state index is 11.2. The number of hydrogen-bond donors (Lipinski definition) is 2. The first kappa shape index (κ1) is 13.3. The van der Waals surface area contributed by atoms with Crippen molar-refractivity contribution in [3.05, 3.63) is 29.6 Å². The van der Waals surface area contributed by atoms with Crippen LogP contribution in [0, 0.1) is 0 Å². The third-order valence-electron chi connectivity index (χ3n) is 3.24. The highest BCUT2D eigenvalue weighted by molar-refractivity contribution is 8.24. The maximum atomic E-state index is 11.2. The molecule has 0 bridgehead atoms. The van der Waals surface area contributed by atoms with Crippen molar-refractivity contribution >= 4 is 16.6 Å². The van der Waals surface area contributed by atoms with Crippen molar-refractivity contribution in [1.29, 1.82) is 0 Å². The average Bonchev–Trinajstić information content (AvgIpc) is 2.38. The number of methoxy groups -OCH3 is 1. The molecule has 18 heavy (non-hydrogen) atoms. The number of rotatable bonds is 2. The van der Waals surface area contributed by atoms with Crippen molar-refractivity contribution in [3.8, 4) is 0 Å². The summed E-state index contributed by atoms with van der Waals surface area (Å²) in [5.41, 5.74) is 1.33. The molecule has 0 aromatic carbocycles. The summed E-state index contributed by atoms with van der Waals surface area (Å²) >= 11 is 0. The second kappa shape index (κ2) is 5.26. The lowest BCUT2D eigenvalue weighted by Crippen LogP contribution is -2.19. The third-order valence-corrected chi connectivity index (χ3v) is 5.02. The van der Waals surface area contributed by atoms with E-state index in [1.807, 2.05) is 6.07 Å². The van der Waals surface area contributed by atoms with E-state index in [1.54, 1.807) is 12.3 Å². The Morgan fingerprint density at radius 3 is 2.56 bits per heavy atom. The molecule has 0 amide bonds. The van der Waals surface area contributed by atoms with Crippen LogP contribution in [-0.4, -0.2) is 38.7 Å². The highest BCUT2D eigenvalue weighted by atomic mass is 32.3. The summed E-state index contributed by atoms with van der Waals surface area (Å²) in [6, 6.07) is 3.51. The molecule has 1 saturated heterocycles. The van der Waals surface area contributed by atoms with Gasteiger partial charge < -0.3 is 4.74 Å². The van der Waals surface area contributed by atoms with E-state index in [-0.39, 0.29) is 0 Å². The van der Waals surface area contributed by atoms with Gasteiger partial charge in [-0.15, -0.1) is 0 Å². The van der Waals surface area contributed by atoms with Gasteiger partial charge in [0.1, 0.15) is 5.69 Å². The van der Waals surface area contributed by atoms with Gasteiger partial charge in [0, 0.05) is 17.7 Å². The summed E-state index contributed by atoms with van der Waals surface area (Å²) in [6.07, 6.45) is 3.18. The molecule has 1 aliphatic heterocycles. The molecule has 2 heterocycles. The molecule has 6 heteroatoms. The molecule has 0 spiro atoms. The molecule has 0 atom stereocenters. The van der Waals surface area contributed by atoms with E-state index in [9.17, 15) is 13.9 Å². The normalized spacial score (nSPS) is 21.3. The smallest absolute Gasteiger partial charge is 0.356 e. The van der Waals surface area contributed by atoms with Gasteiger partial charge in [-0.3, -0.25) is 9.11 Å². The van der Waals surface area contributed by atoms with Crippen LogP contribution in [0.25, 0.3) is 0 Å². The van der Waals surface area contributed by atoms with Crippen molar-refractivity contribution in [2.75, 3.05) is 18.6 Å². The summed E-state index contributed by atoms with van der Waals surface area (Å²) in [7, 11) is -1.02. The lowest BCUT2D eigenvalue weighted by molar-refractivity contribution is 0.0594. The monoisotopic (exact) mass is 271 g/mol. The van der Waals surface area contributed by atoms with Crippen LogP contribution >= 0.6 is 10.6 Å². The van der Waals surface area contributed by atoms with Gasteiger partial charge in [0.25, 0.3) is 0 Å². The van der Waals surface area contributed by atoms with E-state index in [1.165, 1.54) is 7.11 Å². The molecule has 1 aliphatic rings. The minimum absolute atomic E-state index is 0.293. The molecular formula is C12H17NO4S. The first-order valence-corrected chi connectivity index (χ1v) is 7.68. The predicted molar refractivity (Wildman–Crippen MR) is 70.1 cm³/mol. The van der Waals surface area contributed by atoms with E-state index in [4.69, 9.17) is 0 Å². The molecular weight excluding hydrogens is 254 g/mol. The fourth-order valence-electron chi connectivity index (χ4n) is 2.11. The van der Waals surface area contributed by atoms with Gasteiger partial charge >= 0.3 is 5.97 Å². The second-order valence-electron chi connectivity index (χ2n) is 4.45. The molecule has 0 aliphatic carbocycles. The number of pyridine rings is 1. The zero-order valence-electron chi connectivity index (χ0n) is 10.2. The van der Waals surface area contributed by atoms with Crippen LogP contribution in [0.1, 0.15) is 34.8 Å². The highest BCUT2D eigenvalue weighted by Gasteiger charge is 2.25. The van der Waals surface area contributed by atoms with Crippen LogP contribution in [0.2, 0.25) is 0 Å². The van der Waals surface area contributed by atoms with E-state index in [0.29, 0.717) is 23.1 Å². The molecule has 100 valence electrons. The molecule has 0 unspecified atom stereocenters. The van der Waals surface area contributed by atoms with Gasteiger partial charge in [-0.05, 0) is 30.4 Å². The Labute approximate surface area is 108 Å². The Morgan fingerprint density at radius 1 is 1.39 bits per heavy atom. The van der Waals surface area contributed by atoms with Crippen molar-refractivity contribution in [1.82, 2.24) is 4.98 Å². The zero-order chi connectivity index (χ0) is 13.2. The van der Waals surface area contributed by atoms with Crippen LogP contribution in [0.3, 0.4) is 0 Å². The van der Waals surface area contributed by atoms with Crippen LogP contribution in [0.4, 0.5) is 0 Å². The summed E-state index contributed by atoms with van der Waals surface area (Å²) in [5, 5.41) is 0. The lowest BCUT2D eigenvalue weighted by Gasteiger charge is -2.39. The fourth-order valence-corrected chi connectivity index (χ4v) is 3.64. The number of hydrogen-bond acceptors (Lipinski definition) is 5. The number of ether oxygens (including phenoxy) is 1. The van der Waals surface area contributed by atoms with Gasteiger partial charge in [-0.1, -0.05) is 6.07 Å². The van der Waals surface area contributed by atoms with Crippen molar-refractivity contribution in [2.24, 2.45) is 0 Å². The third kappa shape index (κ3) is 3.01. The summed E-state index contributed by atoms with van der Waals surface area (Å²) in [6.45, 7) is 0. The number of esters is 1. The number of aromatic nitrogens is 1. The Morgan fingerprint density at radius 2 is 2.06 bits per heavy atom. The van der Waals surface area contributed by atoms with Crippen molar-refractivity contribution < 1.29 is 18.6 Å². The minimum Gasteiger partial charge on any atom is -0.464 e. The minimum atomic E-state index is -2.34. The molecule has 0 radical (unpaired) electrons. The average molecular weight is 271 g/mol. The van der Waals surface area contributed by atoms with Gasteiger partial charge in [-0.25, -0.2) is 9.78 Å². The maximum Gasteiger partial charge on any atom is 0.356 e. The first-order chi connectivity index (χ1) is 8.52. The van der Waals surface area contributed by atoms with Gasteiger partial charge in [0.2, 0.25) is 0 Å². The standard InChI is InChI=1S/C12H17NO4S/c1-17-12(14)11-3-2-10(8-13-11)9-4-6-18(15,16)7-5-9/h2-3,8-9,15-16H,4-7H2,1H3. The first-order valence-electron chi connectivity index (χ1n) is 5.80. The van der Waals surface area contributed by atoms with Gasteiger partial charge in [-0.2, -0.15) is 10.6 Å². The largest absolute Gasteiger partial charge is 0.464 e. The van der Waals surface area contributed by atoms with E-state index >= 15 is 0 Å². The summed E-state index contributed by atoms with van der Waals surface area (Å²) in [5.74, 6) is 0.760. The summed E-state index contributed by atoms with van der Waals surface area (Å²) < 4.78 is 23.7. The fraction of sp³-hybridized carbons (Fsp3) is 0.500. The van der Waals surface area contributed by atoms with E-state index < -0.39 is 16.6 Å². The lowest BCUT2D eigenvalue weighted by atomic mass is 9.95. The van der Waals surface area contributed by atoms with Crippen molar-refractivity contribution in [2.45, 2.75) is 18.8 Å². The second-order valence-corrected chi connectivity index (χ2v) is 6.87. The van der Waals surface area contributed by atoms with Crippen LogP contribution in [-0.2, 0) is 4.74 Å². The van der Waals surface area contributed by atoms with E-state index in [0.717, 1.165) is 18.4 Å². The van der Waals surface area contributed by atoms with Crippen LogP contribution in [0.15, 0.2) is 18.3 Å². The topological polar surface area (TPSA) is 79.7 Å². The zero-order valence-corrected chi connectivity index (χ0v) is 11.0. The predicted octanol–water partition coefficient (Wildman–Crippen LogP) is 2.50. The molecule has 1 aromatic heterocycles. The Kier molecular flexibility index (Phi) is 3.89. The van der Waals surface area contributed by atoms with Crippen LogP contribution < -0.4 is 0 Å². The highest BCUT2D eigenvalue weighted by Crippen LogP contribution is 2.48. The van der Waals surface area contributed by atoms with Crippen LogP contribution in [0.5, 0.6) is 0 Å². The molecule has 2 rings (SSSR count). The Bertz CT molecular complexity index is 422. The SMILES string of the molecule is COC(=O)c1ccc(C2CCS(O)(O)CC2)cn1. The molecule has 1 fully saturated rings. The number of carbonyl (C=O) groups excluding carboxylic acids is 1. The summed E-state index contributed by atoms with van der Waals surface area (Å²) in [4.78, 5) is 15.3. The van der Waals surface area contributed by atoms with Gasteiger partial charge in [0.05, 0.1) is 7.11 Å². The Balaban J connectivity index is 2.04. The Hall–Kier alpha value is -1.11. The molecule has 1 aromatic rings. The van der Waals surface area contributed by atoms with Gasteiger partial charge in [0.15, 0.2) is 0 Å². The number of carbonyl (C=O) groups is 1. The van der Waals surface area contributed by atoms with Crippen molar-refractivity contribution in [3.63, 3.8) is 0 Å². The number of nitrogens with zero attached hydrogens (tertiary/aromatic N) is 1. The molecule has 2 N–H and O–H groups in total. The quantitative estimate of drug-likeness (QED) is 0.808. The molecule has 0 saturated carbocycles. The molecule has 5 nitrogen and oxygen atoms in total.